The largest absolute Gasteiger partial charge is 0.299 e. The van der Waals surface area contributed by atoms with E-state index in [-0.39, 0.29) is 5.91 Å². The summed E-state index contributed by atoms with van der Waals surface area (Å²) in [4.78, 5) is 11.6. The van der Waals surface area contributed by atoms with Crippen molar-refractivity contribution in [1.82, 2.24) is 4.72 Å². The molecule has 0 fully saturated rings. The number of amides is 1. The van der Waals surface area contributed by atoms with Gasteiger partial charge in [0.2, 0.25) is 0 Å². The van der Waals surface area contributed by atoms with Gasteiger partial charge in [-0.15, -0.1) is 12.6 Å². The molecule has 1 amide bonds. The highest BCUT2D eigenvalue weighted by molar-refractivity contribution is 7.80. The summed E-state index contributed by atoms with van der Waals surface area (Å²) in [5, 5.41) is 0. The summed E-state index contributed by atoms with van der Waals surface area (Å²) in [5.41, 5.74) is 0.533. The maximum atomic E-state index is 11.0. The molecule has 0 saturated carbocycles. The van der Waals surface area contributed by atoms with E-state index in [0.717, 1.165) is 0 Å². The fourth-order valence-electron chi connectivity index (χ4n) is 0.726. The van der Waals surface area contributed by atoms with Crippen LogP contribution in [-0.4, -0.2) is 5.91 Å². The number of hydrogen-bond donors (Lipinski definition) is 3. The normalized spacial score (nSPS) is 9.27. The standard InChI is InChI=1S/C7H7NOS2/c9-7(8-11)5-3-1-2-4-6(5)10/h1-4,10-11H,(H,8,9). The van der Waals surface area contributed by atoms with Gasteiger partial charge in [0, 0.05) is 4.90 Å². The summed E-state index contributed by atoms with van der Waals surface area (Å²) in [5.74, 6) is -0.237. The summed E-state index contributed by atoms with van der Waals surface area (Å²) in [6, 6.07) is 7.03. The molecular formula is C7H7NOS2. The van der Waals surface area contributed by atoms with Gasteiger partial charge in [-0.2, -0.15) is 0 Å². The van der Waals surface area contributed by atoms with E-state index in [9.17, 15) is 4.79 Å². The minimum Gasteiger partial charge on any atom is -0.299 e. The Morgan fingerprint density at radius 3 is 2.55 bits per heavy atom. The van der Waals surface area contributed by atoms with Crippen molar-refractivity contribution < 1.29 is 4.79 Å². The molecule has 0 unspecified atom stereocenters. The molecule has 1 aromatic carbocycles. The molecule has 58 valence electrons. The smallest absolute Gasteiger partial charge is 0.262 e. The average molecular weight is 185 g/mol. The van der Waals surface area contributed by atoms with Crippen LogP contribution in [0.4, 0.5) is 0 Å². The van der Waals surface area contributed by atoms with E-state index in [4.69, 9.17) is 0 Å². The van der Waals surface area contributed by atoms with Gasteiger partial charge in [0.25, 0.3) is 5.91 Å². The Labute approximate surface area is 76.0 Å². The Balaban J connectivity index is 3.03. The zero-order valence-electron chi connectivity index (χ0n) is 5.61. The van der Waals surface area contributed by atoms with Crippen molar-refractivity contribution >= 4 is 31.4 Å². The summed E-state index contributed by atoms with van der Waals surface area (Å²) in [6.07, 6.45) is 0. The Hall–Kier alpha value is -0.610. The van der Waals surface area contributed by atoms with Crippen molar-refractivity contribution in [2.75, 3.05) is 0 Å². The van der Waals surface area contributed by atoms with Gasteiger partial charge >= 0.3 is 0 Å². The second-order valence-corrected chi connectivity index (χ2v) is 2.66. The fraction of sp³-hybridized carbons (Fsp3) is 0. The first-order valence-corrected chi connectivity index (χ1v) is 3.87. The third-order valence-electron chi connectivity index (χ3n) is 1.25. The SMILES string of the molecule is O=C(NS)c1ccccc1S. The van der Waals surface area contributed by atoms with Gasteiger partial charge in [0.15, 0.2) is 0 Å². The van der Waals surface area contributed by atoms with Gasteiger partial charge in [-0.25, -0.2) is 0 Å². The molecule has 1 rings (SSSR count). The van der Waals surface area contributed by atoms with Crippen molar-refractivity contribution in [2.45, 2.75) is 4.90 Å². The van der Waals surface area contributed by atoms with E-state index in [1.165, 1.54) is 0 Å². The molecule has 0 aliphatic rings. The van der Waals surface area contributed by atoms with E-state index in [2.05, 4.69) is 30.2 Å². The number of rotatable bonds is 1. The second-order valence-electron chi connectivity index (χ2n) is 1.96. The van der Waals surface area contributed by atoms with Crippen molar-refractivity contribution in [1.29, 1.82) is 0 Å². The predicted octanol–water partition coefficient (Wildman–Crippen LogP) is 1.55. The quantitative estimate of drug-likeness (QED) is 0.569. The molecule has 0 bridgehead atoms. The maximum Gasteiger partial charge on any atom is 0.262 e. The first-order chi connectivity index (χ1) is 5.25. The molecule has 1 N–H and O–H groups in total. The van der Waals surface area contributed by atoms with Crippen LogP contribution in [0, 0.1) is 0 Å². The van der Waals surface area contributed by atoms with Crippen LogP contribution in [0.1, 0.15) is 10.4 Å². The van der Waals surface area contributed by atoms with Gasteiger partial charge in [0.05, 0.1) is 5.56 Å². The minimum atomic E-state index is -0.237. The molecule has 0 radical (unpaired) electrons. The molecule has 0 aliphatic carbocycles. The molecule has 4 heteroatoms. The summed E-state index contributed by atoms with van der Waals surface area (Å²) in [6.45, 7) is 0. The highest BCUT2D eigenvalue weighted by atomic mass is 32.1. The number of thiol groups is 2. The lowest BCUT2D eigenvalue weighted by molar-refractivity contribution is 0.0982. The topological polar surface area (TPSA) is 29.1 Å². The van der Waals surface area contributed by atoms with Crippen LogP contribution in [0.2, 0.25) is 0 Å². The van der Waals surface area contributed by atoms with Crippen LogP contribution in [0.3, 0.4) is 0 Å². The van der Waals surface area contributed by atoms with E-state index >= 15 is 0 Å². The lowest BCUT2D eigenvalue weighted by atomic mass is 10.2. The van der Waals surface area contributed by atoms with Crippen LogP contribution in [-0.2, 0) is 0 Å². The van der Waals surface area contributed by atoms with Crippen molar-refractivity contribution in [2.24, 2.45) is 0 Å². The molecule has 0 aromatic heterocycles. The number of carbonyl (C=O) groups excluding carboxylic acids is 1. The predicted molar refractivity (Wildman–Crippen MR) is 50.1 cm³/mol. The van der Waals surface area contributed by atoms with Gasteiger partial charge in [-0.3, -0.25) is 9.52 Å². The van der Waals surface area contributed by atoms with E-state index in [0.29, 0.717) is 10.5 Å². The summed E-state index contributed by atoms with van der Waals surface area (Å²) in [7, 11) is 0. The lowest BCUT2D eigenvalue weighted by Gasteiger charge is -2.00. The minimum absolute atomic E-state index is 0.237. The van der Waals surface area contributed by atoms with Crippen molar-refractivity contribution in [3.05, 3.63) is 29.8 Å². The van der Waals surface area contributed by atoms with E-state index in [1.807, 2.05) is 6.07 Å². The molecule has 1 aromatic rings. The molecule has 0 aliphatic heterocycles. The van der Waals surface area contributed by atoms with Gasteiger partial charge < -0.3 is 0 Å². The van der Waals surface area contributed by atoms with Crippen LogP contribution >= 0.6 is 25.4 Å². The Bertz CT molecular complexity index is 275. The Morgan fingerprint density at radius 2 is 2.00 bits per heavy atom. The van der Waals surface area contributed by atoms with Crippen molar-refractivity contribution in [3.63, 3.8) is 0 Å². The molecular weight excluding hydrogens is 178 g/mol. The molecule has 0 saturated heterocycles. The van der Waals surface area contributed by atoms with Gasteiger partial charge in [0.1, 0.15) is 0 Å². The zero-order chi connectivity index (χ0) is 8.27. The van der Waals surface area contributed by atoms with Gasteiger partial charge in [-0.05, 0) is 12.1 Å². The summed E-state index contributed by atoms with van der Waals surface area (Å²) >= 11 is 7.74. The van der Waals surface area contributed by atoms with Crippen LogP contribution in [0.5, 0.6) is 0 Å². The molecule has 0 spiro atoms. The first-order valence-electron chi connectivity index (χ1n) is 2.98. The highest BCUT2D eigenvalue weighted by Gasteiger charge is 2.04. The van der Waals surface area contributed by atoms with E-state index < -0.39 is 0 Å². The third-order valence-corrected chi connectivity index (χ3v) is 1.84. The second kappa shape index (κ2) is 3.69. The van der Waals surface area contributed by atoms with Crippen LogP contribution < -0.4 is 4.72 Å². The number of hydrogen-bond acceptors (Lipinski definition) is 3. The lowest BCUT2D eigenvalue weighted by Crippen LogP contribution is -2.12. The van der Waals surface area contributed by atoms with Crippen molar-refractivity contribution in [3.8, 4) is 0 Å². The first kappa shape index (κ1) is 8.49. The third kappa shape index (κ3) is 1.91. The number of carbonyl (C=O) groups is 1. The molecule has 11 heavy (non-hydrogen) atoms. The Kier molecular flexibility index (Phi) is 2.84. The maximum absolute atomic E-state index is 11.0. The molecule has 2 nitrogen and oxygen atoms in total. The number of benzene rings is 1. The highest BCUT2D eigenvalue weighted by Crippen LogP contribution is 2.12. The fourth-order valence-corrected chi connectivity index (χ4v) is 1.11. The van der Waals surface area contributed by atoms with Gasteiger partial charge in [-0.1, -0.05) is 24.9 Å². The monoisotopic (exact) mass is 185 g/mol. The van der Waals surface area contributed by atoms with Crippen LogP contribution in [0.25, 0.3) is 0 Å². The average Bonchev–Trinajstić information content (AvgIpc) is 2.04. The number of nitrogens with one attached hydrogen (secondary N) is 1. The molecule has 0 heterocycles. The van der Waals surface area contributed by atoms with Crippen LogP contribution in [0.15, 0.2) is 29.2 Å². The summed E-state index contributed by atoms with van der Waals surface area (Å²) < 4.78 is 2.23. The molecule has 0 atom stereocenters. The van der Waals surface area contributed by atoms with E-state index in [1.54, 1.807) is 18.2 Å². The Morgan fingerprint density at radius 1 is 1.36 bits per heavy atom. The zero-order valence-corrected chi connectivity index (χ0v) is 7.40.